The van der Waals surface area contributed by atoms with Gasteiger partial charge in [0, 0.05) is 25.4 Å². The Hall–Kier alpha value is -0.830. The molecule has 1 aliphatic rings. The first-order valence-corrected chi connectivity index (χ1v) is 7.31. The summed E-state index contributed by atoms with van der Waals surface area (Å²) in [5.41, 5.74) is 2.60. The molecule has 2 rings (SSSR count). The molecule has 18 heavy (non-hydrogen) atoms. The van der Waals surface area contributed by atoms with Gasteiger partial charge in [0.2, 0.25) is 0 Å². The Morgan fingerprint density at radius 2 is 2.22 bits per heavy atom. The minimum Gasteiger partial charge on any atom is -0.312 e. The van der Waals surface area contributed by atoms with Crippen LogP contribution in [0.4, 0.5) is 0 Å². The highest BCUT2D eigenvalue weighted by atomic mass is 15.3. The predicted octanol–water partition coefficient (Wildman–Crippen LogP) is 3.07. The molecule has 0 aliphatic heterocycles. The van der Waals surface area contributed by atoms with Crippen molar-refractivity contribution >= 4 is 0 Å². The lowest BCUT2D eigenvalue weighted by Crippen LogP contribution is -2.24. The van der Waals surface area contributed by atoms with Crippen molar-refractivity contribution in [3.63, 3.8) is 0 Å². The van der Waals surface area contributed by atoms with E-state index in [0.717, 1.165) is 24.9 Å². The topological polar surface area (TPSA) is 29.9 Å². The molecule has 0 amide bonds. The molecule has 0 saturated heterocycles. The number of hydrogen-bond acceptors (Lipinski definition) is 2. The normalized spacial score (nSPS) is 24.1. The van der Waals surface area contributed by atoms with E-state index in [2.05, 4.69) is 37.4 Å². The van der Waals surface area contributed by atoms with Crippen LogP contribution in [0.1, 0.15) is 57.2 Å². The molecule has 1 N–H and O–H groups in total. The second kappa shape index (κ2) is 5.87. The van der Waals surface area contributed by atoms with E-state index < -0.39 is 0 Å². The molecule has 1 heterocycles. The number of nitrogens with zero attached hydrogens (tertiary/aromatic N) is 2. The van der Waals surface area contributed by atoms with Gasteiger partial charge in [0.05, 0.1) is 5.69 Å². The van der Waals surface area contributed by atoms with E-state index >= 15 is 0 Å². The van der Waals surface area contributed by atoms with Gasteiger partial charge in [-0.2, -0.15) is 5.10 Å². The zero-order chi connectivity index (χ0) is 13.1. The van der Waals surface area contributed by atoms with E-state index in [1.165, 1.54) is 30.5 Å². The SMILES string of the molecule is CC(C)c1nn(C)cc1CNCC1CCCC1C. The van der Waals surface area contributed by atoms with Crippen molar-refractivity contribution in [1.29, 1.82) is 0 Å². The van der Waals surface area contributed by atoms with Crippen LogP contribution in [0.3, 0.4) is 0 Å². The largest absolute Gasteiger partial charge is 0.312 e. The molecule has 1 aromatic rings. The van der Waals surface area contributed by atoms with Crippen molar-refractivity contribution in [3.8, 4) is 0 Å². The summed E-state index contributed by atoms with van der Waals surface area (Å²) in [6.07, 6.45) is 6.38. The van der Waals surface area contributed by atoms with Crippen molar-refractivity contribution in [3.05, 3.63) is 17.5 Å². The Morgan fingerprint density at radius 1 is 1.44 bits per heavy atom. The minimum atomic E-state index is 0.508. The number of aryl methyl sites for hydroxylation is 1. The third kappa shape index (κ3) is 3.14. The highest BCUT2D eigenvalue weighted by Gasteiger charge is 2.22. The number of aromatic nitrogens is 2. The van der Waals surface area contributed by atoms with Crippen LogP contribution < -0.4 is 5.32 Å². The van der Waals surface area contributed by atoms with Gasteiger partial charge in [0.25, 0.3) is 0 Å². The molecular weight excluding hydrogens is 222 g/mol. The minimum absolute atomic E-state index is 0.508. The first-order chi connectivity index (χ1) is 8.58. The van der Waals surface area contributed by atoms with Gasteiger partial charge in [-0.1, -0.05) is 33.6 Å². The maximum atomic E-state index is 4.55. The highest BCUT2D eigenvalue weighted by molar-refractivity contribution is 5.19. The molecule has 1 aliphatic carbocycles. The first kappa shape index (κ1) is 13.6. The lowest BCUT2D eigenvalue weighted by Gasteiger charge is -2.16. The van der Waals surface area contributed by atoms with Gasteiger partial charge in [-0.25, -0.2) is 0 Å². The van der Waals surface area contributed by atoms with Gasteiger partial charge in [0.15, 0.2) is 0 Å². The van der Waals surface area contributed by atoms with Crippen LogP contribution in [0.5, 0.6) is 0 Å². The molecule has 0 bridgehead atoms. The van der Waals surface area contributed by atoms with Gasteiger partial charge in [-0.15, -0.1) is 0 Å². The lowest BCUT2D eigenvalue weighted by molar-refractivity contribution is 0.391. The van der Waals surface area contributed by atoms with Crippen molar-refractivity contribution < 1.29 is 0 Å². The number of hydrogen-bond donors (Lipinski definition) is 1. The molecule has 0 spiro atoms. The van der Waals surface area contributed by atoms with Gasteiger partial charge >= 0.3 is 0 Å². The Balaban J connectivity index is 1.86. The molecule has 2 unspecified atom stereocenters. The second-order valence-corrected chi connectivity index (χ2v) is 6.17. The predicted molar refractivity (Wildman–Crippen MR) is 75.5 cm³/mol. The van der Waals surface area contributed by atoms with Gasteiger partial charge in [-0.05, 0) is 30.7 Å². The van der Waals surface area contributed by atoms with Crippen molar-refractivity contribution in [1.82, 2.24) is 15.1 Å². The van der Waals surface area contributed by atoms with E-state index in [1.54, 1.807) is 0 Å². The summed E-state index contributed by atoms with van der Waals surface area (Å²) < 4.78 is 1.94. The Kier molecular flexibility index (Phi) is 4.44. The van der Waals surface area contributed by atoms with Crippen LogP contribution in [-0.2, 0) is 13.6 Å². The monoisotopic (exact) mass is 249 g/mol. The van der Waals surface area contributed by atoms with E-state index in [-0.39, 0.29) is 0 Å². The molecular formula is C15H27N3. The molecule has 102 valence electrons. The fraction of sp³-hybridized carbons (Fsp3) is 0.800. The Labute approximate surface area is 111 Å². The van der Waals surface area contributed by atoms with Gasteiger partial charge < -0.3 is 5.32 Å². The zero-order valence-corrected chi connectivity index (χ0v) is 12.2. The molecule has 1 aromatic heterocycles. The first-order valence-electron chi connectivity index (χ1n) is 7.31. The van der Waals surface area contributed by atoms with Crippen LogP contribution in [0.25, 0.3) is 0 Å². The van der Waals surface area contributed by atoms with Gasteiger partial charge in [-0.3, -0.25) is 4.68 Å². The summed E-state index contributed by atoms with van der Waals surface area (Å²) >= 11 is 0. The van der Waals surface area contributed by atoms with Crippen LogP contribution in [-0.4, -0.2) is 16.3 Å². The maximum absolute atomic E-state index is 4.55. The fourth-order valence-electron chi connectivity index (χ4n) is 3.09. The maximum Gasteiger partial charge on any atom is 0.0694 e. The number of nitrogens with one attached hydrogen (secondary N) is 1. The van der Waals surface area contributed by atoms with Crippen molar-refractivity contribution in [2.75, 3.05) is 6.54 Å². The van der Waals surface area contributed by atoms with Crippen molar-refractivity contribution in [2.24, 2.45) is 18.9 Å². The van der Waals surface area contributed by atoms with Crippen LogP contribution >= 0.6 is 0 Å². The molecule has 0 radical (unpaired) electrons. The smallest absolute Gasteiger partial charge is 0.0694 e. The number of rotatable bonds is 5. The average Bonchev–Trinajstić information content (AvgIpc) is 2.86. The molecule has 1 fully saturated rings. The Morgan fingerprint density at radius 3 is 2.83 bits per heavy atom. The second-order valence-electron chi connectivity index (χ2n) is 6.17. The van der Waals surface area contributed by atoms with Crippen molar-refractivity contribution in [2.45, 2.75) is 52.5 Å². The van der Waals surface area contributed by atoms with Crippen LogP contribution in [0.15, 0.2) is 6.20 Å². The molecule has 3 heteroatoms. The summed E-state index contributed by atoms with van der Waals surface area (Å²) in [4.78, 5) is 0. The highest BCUT2D eigenvalue weighted by Crippen LogP contribution is 2.30. The standard InChI is InChI=1S/C15H27N3/c1-11(2)15-14(10-18(4)17-15)9-16-8-13-7-5-6-12(13)3/h10-13,16H,5-9H2,1-4H3. The summed E-state index contributed by atoms with van der Waals surface area (Å²) in [5.74, 6) is 2.29. The summed E-state index contributed by atoms with van der Waals surface area (Å²) in [5, 5.41) is 8.18. The molecule has 2 atom stereocenters. The van der Waals surface area contributed by atoms with E-state index in [4.69, 9.17) is 0 Å². The zero-order valence-electron chi connectivity index (χ0n) is 12.2. The van der Waals surface area contributed by atoms with Gasteiger partial charge in [0.1, 0.15) is 0 Å². The van der Waals surface area contributed by atoms with E-state index in [1.807, 2.05) is 11.7 Å². The Bertz CT molecular complexity index is 381. The average molecular weight is 249 g/mol. The summed E-state index contributed by atoms with van der Waals surface area (Å²) in [6, 6.07) is 0. The summed E-state index contributed by atoms with van der Waals surface area (Å²) in [7, 11) is 2.01. The molecule has 3 nitrogen and oxygen atoms in total. The van der Waals surface area contributed by atoms with Crippen LogP contribution in [0.2, 0.25) is 0 Å². The van der Waals surface area contributed by atoms with E-state index in [9.17, 15) is 0 Å². The summed E-state index contributed by atoms with van der Waals surface area (Å²) in [6.45, 7) is 8.94. The third-order valence-corrected chi connectivity index (χ3v) is 4.25. The fourth-order valence-corrected chi connectivity index (χ4v) is 3.09. The van der Waals surface area contributed by atoms with E-state index in [0.29, 0.717) is 5.92 Å². The lowest BCUT2D eigenvalue weighted by atomic mass is 9.98. The quantitative estimate of drug-likeness (QED) is 0.869. The third-order valence-electron chi connectivity index (χ3n) is 4.25. The van der Waals surface area contributed by atoms with Crippen LogP contribution in [0, 0.1) is 11.8 Å². The molecule has 1 saturated carbocycles. The molecule has 0 aromatic carbocycles.